The van der Waals surface area contributed by atoms with Crippen molar-refractivity contribution in [2.75, 3.05) is 25.0 Å². The Morgan fingerprint density at radius 2 is 1.62 bits per heavy atom. The summed E-state index contributed by atoms with van der Waals surface area (Å²) in [6, 6.07) is 20.5. The number of hydrogen-bond acceptors (Lipinski definition) is 3. The molecule has 0 aliphatic carbocycles. The molecule has 1 fully saturated rings. The van der Waals surface area contributed by atoms with Crippen LogP contribution in [0, 0.1) is 6.92 Å². The average molecular weight is 430 g/mol. The fourth-order valence-corrected chi connectivity index (χ4v) is 4.52. The highest BCUT2D eigenvalue weighted by atomic mass is 16.2. The standard InChI is InChI=1S/C27H31N3O2/c1-19-7-3-4-8-23(19)27(32)29-26-12-11-21(24-9-5-6-10-25(24)26)13-16-28-22-14-17-30(18-15-22)20(2)31/h3-12,22,28H,13-18H2,1-2H3,(H,29,32). The van der Waals surface area contributed by atoms with Crippen molar-refractivity contribution in [3.63, 3.8) is 0 Å². The molecular weight excluding hydrogens is 398 g/mol. The average Bonchev–Trinajstić information content (AvgIpc) is 2.81. The van der Waals surface area contributed by atoms with Gasteiger partial charge in [-0.1, -0.05) is 48.5 Å². The van der Waals surface area contributed by atoms with E-state index in [1.807, 2.05) is 54.3 Å². The molecular formula is C27H31N3O2. The zero-order valence-corrected chi connectivity index (χ0v) is 18.9. The first-order valence-corrected chi connectivity index (χ1v) is 11.4. The van der Waals surface area contributed by atoms with Crippen molar-refractivity contribution in [1.29, 1.82) is 0 Å². The molecule has 1 heterocycles. The van der Waals surface area contributed by atoms with Crippen LogP contribution < -0.4 is 10.6 Å². The van der Waals surface area contributed by atoms with Crippen LogP contribution in [-0.4, -0.2) is 42.4 Å². The van der Waals surface area contributed by atoms with Gasteiger partial charge in [-0.25, -0.2) is 0 Å². The van der Waals surface area contributed by atoms with Gasteiger partial charge in [-0.05, 0) is 61.4 Å². The van der Waals surface area contributed by atoms with Crippen molar-refractivity contribution in [3.8, 4) is 0 Å². The summed E-state index contributed by atoms with van der Waals surface area (Å²) in [5.74, 6) is 0.0871. The number of carbonyl (C=O) groups is 2. The lowest BCUT2D eigenvalue weighted by Gasteiger charge is -2.31. The molecule has 0 radical (unpaired) electrons. The van der Waals surface area contributed by atoms with E-state index in [1.54, 1.807) is 6.92 Å². The second-order valence-corrected chi connectivity index (χ2v) is 8.57. The fraction of sp³-hybridized carbons (Fsp3) is 0.333. The van der Waals surface area contributed by atoms with E-state index in [-0.39, 0.29) is 11.8 Å². The molecule has 0 unspecified atom stereocenters. The highest BCUT2D eigenvalue weighted by molar-refractivity contribution is 6.10. The summed E-state index contributed by atoms with van der Waals surface area (Å²) in [6.45, 7) is 6.17. The molecule has 3 aromatic rings. The Hall–Kier alpha value is -3.18. The van der Waals surface area contributed by atoms with Gasteiger partial charge in [0.2, 0.25) is 5.91 Å². The molecule has 0 aromatic heterocycles. The van der Waals surface area contributed by atoms with E-state index in [4.69, 9.17) is 0 Å². The molecule has 32 heavy (non-hydrogen) atoms. The molecule has 0 spiro atoms. The molecule has 166 valence electrons. The molecule has 5 heteroatoms. The minimum Gasteiger partial charge on any atom is -0.343 e. The van der Waals surface area contributed by atoms with E-state index < -0.39 is 0 Å². The Morgan fingerprint density at radius 3 is 2.34 bits per heavy atom. The van der Waals surface area contributed by atoms with Crippen LogP contribution in [0.25, 0.3) is 10.8 Å². The molecule has 1 aliphatic heterocycles. The van der Waals surface area contributed by atoms with Crippen LogP contribution in [-0.2, 0) is 11.2 Å². The van der Waals surface area contributed by atoms with Gasteiger partial charge in [0.05, 0.1) is 0 Å². The molecule has 1 aliphatic rings. The first kappa shape index (κ1) is 22.0. The van der Waals surface area contributed by atoms with E-state index in [0.29, 0.717) is 11.6 Å². The number of piperidine rings is 1. The van der Waals surface area contributed by atoms with Crippen LogP contribution in [0.5, 0.6) is 0 Å². The van der Waals surface area contributed by atoms with Gasteiger partial charge < -0.3 is 15.5 Å². The maximum Gasteiger partial charge on any atom is 0.255 e. The highest BCUT2D eigenvalue weighted by Crippen LogP contribution is 2.28. The second kappa shape index (κ2) is 9.96. The third-order valence-corrected chi connectivity index (χ3v) is 6.42. The Kier molecular flexibility index (Phi) is 6.86. The summed E-state index contributed by atoms with van der Waals surface area (Å²) in [5, 5.41) is 8.99. The van der Waals surface area contributed by atoms with Crippen LogP contribution >= 0.6 is 0 Å². The van der Waals surface area contributed by atoms with E-state index in [0.717, 1.165) is 55.5 Å². The van der Waals surface area contributed by atoms with Crippen molar-refractivity contribution < 1.29 is 9.59 Å². The second-order valence-electron chi connectivity index (χ2n) is 8.57. The largest absolute Gasteiger partial charge is 0.343 e. The Labute approximate surface area is 189 Å². The zero-order valence-electron chi connectivity index (χ0n) is 18.9. The number of aryl methyl sites for hydroxylation is 1. The van der Waals surface area contributed by atoms with Crippen LogP contribution in [0.15, 0.2) is 60.7 Å². The number of fused-ring (bicyclic) bond motifs is 1. The van der Waals surface area contributed by atoms with E-state index >= 15 is 0 Å². The third-order valence-electron chi connectivity index (χ3n) is 6.42. The van der Waals surface area contributed by atoms with Gasteiger partial charge in [0.15, 0.2) is 0 Å². The van der Waals surface area contributed by atoms with Crippen molar-refractivity contribution in [1.82, 2.24) is 10.2 Å². The number of carbonyl (C=O) groups excluding carboxylic acids is 2. The van der Waals surface area contributed by atoms with E-state index in [2.05, 4.69) is 28.8 Å². The number of nitrogens with zero attached hydrogens (tertiary/aromatic N) is 1. The molecule has 4 rings (SSSR count). The van der Waals surface area contributed by atoms with Gasteiger partial charge in [0.25, 0.3) is 5.91 Å². The summed E-state index contributed by atoms with van der Waals surface area (Å²) in [7, 11) is 0. The van der Waals surface area contributed by atoms with Crippen LogP contribution in [0.2, 0.25) is 0 Å². The number of hydrogen-bond donors (Lipinski definition) is 2. The molecule has 0 atom stereocenters. The minimum absolute atomic E-state index is 0.0837. The summed E-state index contributed by atoms with van der Waals surface area (Å²) in [5.41, 5.74) is 3.76. The minimum atomic E-state index is -0.0837. The maximum atomic E-state index is 12.8. The number of amides is 2. The van der Waals surface area contributed by atoms with Gasteiger partial charge in [0.1, 0.15) is 0 Å². The van der Waals surface area contributed by atoms with Crippen LogP contribution in [0.4, 0.5) is 5.69 Å². The summed E-state index contributed by atoms with van der Waals surface area (Å²) in [4.78, 5) is 26.3. The topological polar surface area (TPSA) is 61.4 Å². The zero-order chi connectivity index (χ0) is 22.5. The number of rotatable bonds is 6. The lowest BCUT2D eigenvalue weighted by atomic mass is 9.99. The molecule has 3 aromatic carbocycles. The SMILES string of the molecule is CC(=O)N1CCC(NCCc2ccc(NC(=O)c3ccccc3C)c3ccccc23)CC1. The van der Waals surface area contributed by atoms with E-state index in [1.165, 1.54) is 10.9 Å². The smallest absolute Gasteiger partial charge is 0.255 e. The highest BCUT2D eigenvalue weighted by Gasteiger charge is 2.20. The predicted octanol–water partition coefficient (Wildman–Crippen LogP) is 4.54. The summed E-state index contributed by atoms with van der Waals surface area (Å²) < 4.78 is 0. The Morgan fingerprint density at radius 1 is 0.938 bits per heavy atom. The van der Waals surface area contributed by atoms with Gasteiger partial charge in [-0.2, -0.15) is 0 Å². The number of nitrogens with one attached hydrogen (secondary N) is 2. The maximum absolute atomic E-state index is 12.8. The molecule has 1 saturated heterocycles. The van der Waals surface area contributed by atoms with Gasteiger partial charge in [0, 0.05) is 42.7 Å². The Balaban J connectivity index is 1.43. The van der Waals surface area contributed by atoms with Crippen molar-refractivity contribution in [2.45, 2.75) is 39.2 Å². The quantitative estimate of drug-likeness (QED) is 0.605. The molecule has 2 amide bonds. The first-order chi connectivity index (χ1) is 15.5. The fourth-order valence-electron chi connectivity index (χ4n) is 4.52. The Bertz CT molecular complexity index is 1120. The summed E-state index contributed by atoms with van der Waals surface area (Å²) in [6.07, 6.45) is 2.92. The molecule has 5 nitrogen and oxygen atoms in total. The van der Waals surface area contributed by atoms with Gasteiger partial charge >= 0.3 is 0 Å². The molecule has 0 bridgehead atoms. The third kappa shape index (κ3) is 5.00. The van der Waals surface area contributed by atoms with Crippen molar-refractivity contribution in [3.05, 3.63) is 77.4 Å². The first-order valence-electron chi connectivity index (χ1n) is 11.4. The monoisotopic (exact) mass is 429 g/mol. The lowest BCUT2D eigenvalue weighted by Crippen LogP contribution is -2.44. The van der Waals surface area contributed by atoms with Crippen molar-refractivity contribution >= 4 is 28.3 Å². The number of anilines is 1. The molecule has 2 N–H and O–H groups in total. The van der Waals surface area contributed by atoms with Crippen LogP contribution in [0.1, 0.15) is 41.3 Å². The van der Waals surface area contributed by atoms with E-state index in [9.17, 15) is 9.59 Å². The number of benzene rings is 3. The number of likely N-dealkylation sites (tertiary alicyclic amines) is 1. The molecule has 0 saturated carbocycles. The van der Waals surface area contributed by atoms with Crippen molar-refractivity contribution in [2.24, 2.45) is 0 Å². The normalized spacial score (nSPS) is 14.5. The predicted molar refractivity (Wildman–Crippen MR) is 130 cm³/mol. The lowest BCUT2D eigenvalue weighted by molar-refractivity contribution is -0.129. The summed E-state index contributed by atoms with van der Waals surface area (Å²) >= 11 is 0. The van der Waals surface area contributed by atoms with Gasteiger partial charge in [-0.3, -0.25) is 9.59 Å². The van der Waals surface area contributed by atoms with Crippen LogP contribution in [0.3, 0.4) is 0 Å². The van der Waals surface area contributed by atoms with Gasteiger partial charge in [-0.15, -0.1) is 0 Å².